The van der Waals surface area contributed by atoms with Crippen LogP contribution in [0.3, 0.4) is 0 Å². The Morgan fingerprint density at radius 2 is 2.00 bits per heavy atom. The molecule has 5 heteroatoms. The van der Waals surface area contributed by atoms with Crippen molar-refractivity contribution in [3.8, 4) is 0 Å². The Kier molecular flexibility index (Phi) is 6.73. The average molecular weight is 311 g/mol. The van der Waals surface area contributed by atoms with Crippen LogP contribution in [-0.2, 0) is 0 Å². The number of hydrogen-bond donors (Lipinski definition) is 1. The molecule has 0 aliphatic carbocycles. The van der Waals surface area contributed by atoms with Gasteiger partial charge in [0.1, 0.15) is 11.6 Å². The van der Waals surface area contributed by atoms with Gasteiger partial charge >= 0.3 is 0 Å². The van der Waals surface area contributed by atoms with E-state index in [4.69, 9.17) is 0 Å². The van der Waals surface area contributed by atoms with Gasteiger partial charge in [-0.05, 0) is 38.2 Å². The number of likely N-dealkylation sites (N-methyl/N-ethyl adjacent to an activating group) is 1. The predicted octanol–water partition coefficient (Wildman–Crippen LogP) is 2.64. The molecule has 1 aromatic rings. The summed E-state index contributed by atoms with van der Waals surface area (Å²) in [6.07, 6.45) is 2.15. The normalized spacial score (nSPS) is 17.9. The van der Waals surface area contributed by atoms with Gasteiger partial charge in [-0.1, -0.05) is 13.3 Å². The van der Waals surface area contributed by atoms with Crippen LogP contribution in [0.15, 0.2) is 18.2 Å². The lowest BCUT2D eigenvalue weighted by atomic mass is 10.0. The summed E-state index contributed by atoms with van der Waals surface area (Å²) in [5.41, 5.74) is 0.470. The molecule has 3 nitrogen and oxygen atoms in total. The standard InChI is InChI=1S/C17H27F2N3/c1-3-4-9-21(2)17(13-22-10-7-20-8-11-22)15-12-14(18)5-6-16(15)19/h5-6,12,17,20H,3-4,7-11,13H2,1-2H3. The highest BCUT2D eigenvalue weighted by atomic mass is 19.1. The fourth-order valence-electron chi connectivity index (χ4n) is 2.95. The van der Waals surface area contributed by atoms with Gasteiger partial charge in [0.2, 0.25) is 0 Å². The van der Waals surface area contributed by atoms with Crippen LogP contribution >= 0.6 is 0 Å². The summed E-state index contributed by atoms with van der Waals surface area (Å²) in [4.78, 5) is 4.48. The predicted molar refractivity (Wildman–Crippen MR) is 85.9 cm³/mol. The van der Waals surface area contributed by atoms with Crippen LogP contribution < -0.4 is 5.32 Å². The third kappa shape index (κ3) is 4.73. The molecule has 0 saturated carbocycles. The largest absolute Gasteiger partial charge is 0.314 e. The third-order valence-electron chi connectivity index (χ3n) is 4.35. The van der Waals surface area contributed by atoms with Gasteiger partial charge in [0.25, 0.3) is 0 Å². The summed E-state index contributed by atoms with van der Waals surface area (Å²) >= 11 is 0. The topological polar surface area (TPSA) is 18.5 Å². The number of piperazine rings is 1. The highest BCUT2D eigenvalue weighted by Crippen LogP contribution is 2.25. The van der Waals surface area contributed by atoms with Crippen molar-refractivity contribution >= 4 is 0 Å². The first-order valence-electron chi connectivity index (χ1n) is 8.20. The Balaban J connectivity index is 2.17. The second-order valence-electron chi connectivity index (χ2n) is 6.07. The maximum atomic E-state index is 14.2. The molecule has 1 aliphatic rings. The fourth-order valence-corrected chi connectivity index (χ4v) is 2.95. The smallest absolute Gasteiger partial charge is 0.128 e. The van der Waals surface area contributed by atoms with Crippen molar-refractivity contribution in [3.05, 3.63) is 35.4 Å². The highest BCUT2D eigenvalue weighted by Gasteiger charge is 2.24. The minimum atomic E-state index is -0.370. The maximum Gasteiger partial charge on any atom is 0.128 e. The van der Waals surface area contributed by atoms with E-state index in [9.17, 15) is 8.78 Å². The lowest BCUT2D eigenvalue weighted by molar-refractivity contribution is 0.146. The Morgan fingerprint density at radius 3 is 2.68 bits per heavy atom. The van der Waals surface area contributed by atoms with E-state index in [1.165, 1.54) is 18.2 Å². The van der Waals surface area contributed by atoms with Crippen molar-refractivity contribution in [2.45, 2.75) is 25.8 Å². The number of hydrogen-bond acceptors (Lipinski definition) is 3. The van der Waals surface area contributed by atoms with E-state index in [1.54, 1.807) is 0 Å². The van der Waals surface area contributed by atoms with Crippen molar-refractivity contribution in [2.24, 2.45) is 0 Å². The Morgan fingerprint density at radius 1 is 1.27 bits per heavy atom. The van der Waals surface area contributed by atoms with Gasteiger partial charge in [0, 0.05) is 38.3 Å². The zero-order valence-electron chi connectivity index (χ0n) is 13.6. The second-order valence-corrected chi connectivity index (χ2v) is 6.07. The quantitative estimate of drug-likeness (QED) is 0.835. The Labute approximate surface area is 132 Å². The molecule has 0 amide bonds. The molecule has 0 bridgehead atoms. The molecule has 0 radical (unpaired) electrons. The van der Waals surface area contributed by atoms with E-state index in [-0.39, 0.29) is 17.7 Å². The minimum Gasteiger partial charge on any atom is -0.314 e. The van der Waals surface area contributed by atoms with Crippen LogP contribution in [-0.4, -0.2) is 56.1 Å². The fraction of sp³-hybridized carbons (Fsp3) is 0.647. The van der Waals surface area contributed by atoms with Crippen LogP contribution in [0.5, 0.6) is 0 Å². The number of halogens is 2. The molecule has 1 aromatic carbocycles. The van der Waals surface area contributed by atoms with Gasteiger partial charge in [-0.25, -0.2) is 8.78 Å². The Hall–Kier alpha value is -1.04. The summed E-state index contributed by atoms with van der Waals surface area (Å²) in [6.45, 7) is 7.59. The first kappa shape index (κ1) is 17.3. The molecule has 1 aliphatic heterocycles. The molecule has 2 rings (SSSR count). The zero-order chi connectivity index (χ0) is 15.9. The second kappa shape index (κ2) is 8.56. The molecule has 1 N–H and O–H groups in total. The number of rotatable bonds is 7. The lowest BCUT2D eigenvalue weighted by Crippen LogP contribution is -2.47. The SMILES string of the molecule is CCCCN(C)C(CN1CCNCC1)c1cc(F)ccc1F. The van der Waals surface area contributed by atoms with Crippen molar-refractivity contribution < 1.29 is 8.78 Å². The summed E-state index contributed by atoms with van der Waals surface area (Å²) in [5, 5.41) is 3.32. The molecule has 1 fully saturated rings. The summed E-state index contributed by atoms with van der Waals surface area (Å²) in [5.74, 6) is -0.685. The number of nitrogens with zero attached hydrogens (tertiary/aromatic N) is 2. The maximum absolute atomic E-state index is 14.2. The van der Waals surface area contributed by atoms with Gasteiger partial charge < -0.3 is 5.32 Å². The molecule has 22 heavy (non-hydrogen) atoms. The zero-order valence-corrected chi connectivity index (χ0v) is 13.6. The van der Waals surface area contributed by atoms with Gasteiger partial charge in [0.05, 0.1) is 6.04 Å². The molecular formula is C17H27F2N3. The van der Waals surface area contributed by atoms with Crippen LogP contribution in [0, 0.1) is 11.6 Å². The van der Waals surface area contributed by atoms with E-state index in [1.807, 2.05) is 7.05 Å². The van der Waals surface area contributed by atoms with Crippen molar-refractivity contribution in [1.82, 2.24) is 15.1 Å². The van der Waals surface area contributed by atoms with E-state index in [0.717, 1.165) is 52.1 Å². The average Bonchev–Trinajstić information content (AvgIpc) is 2.54. The lowest BCUT2D eigenvalue weighted by Gasteiger charge is -2.35. The van der Waals surface area contributed by atoms with Crippen LogP contribution in [0.4, 0.5) is 8.78 Å². The summed E-state index contributed by atoms with van der Waals surface area (Å²) < 4.78 is 27.8. The molecule has 1 atom stereocenters. The molecule has 1 heterocycles. The molecule has 0 spiro atoms. The summed E-state index contributed by atoms with van der Waals surface area (Å²) in [7, 11) is 2.01. The first-order valence-corrected chi connectivity index (χ1v) is 8.20. The Bertz CT molecular complexity index is 461. The molecule has 124 valence electrons. The third-order valence-corrected chi connectivity index (χ3v) is 4.35. The van der Waals surface area contributed by atoms with Gasteiger partial charge in [-0.15, -0.1) is 0 Å². The van der Waals surface area contributed by atoms with E-state index >= 15 is 0 Å². The van der Waals surface area contributed by atoms with E-state index in [2.05, 4.69) is 22.0 Å². The number of unbranched alkanes of at least 4 members (excludes halogenated alkanes) is 1. The van der Waals surface area contributed by atoms with Gasteiger partial charge in [-0.3, -0.25) is 9.80 Å². The van der Waals surface area contributed by atoms with Crippen LogP contribution in [0.2, 0.25) is 0 Å². The molecular weight excluding hydrogens is 284 g/mol. The monoisotopic (exact) mass is 311 g/mol. The van der Waals surface area contributed by atoms with E-state index in [0.29, 0.717) is 5.56 Å². The van der Waals surface area contributed by atoms with Crippen LogP contribution in [0.25, 0.3) is 0 Å². The minimum absolute atomic E-state index is 0.111. The number of nitrogens with one attached hydrogen (secondary N) is 1. The summed E-state index contributed by atoms with van der Waals surface area (Å²) in [6, 6.07) is 3.67. The number of benzene rings is 1. The van der Waals surface area contributed by atoms with Crippen molar-refractivity contribution in [2.75, 3.05) is 46.3 Å². The first-order chi connectivity index (χ1) is 10.6. The van der Waals surface area contributed by atoms with Crippen molar-refractivity contribution in [3.63, 3.8) is 0 Å². The van der Waals surface area contributed by atoms with Crippen molar-refractivity contribution in [1.29, 1.82) is 0 Å². The van der Waals surface area contributed by atoms with Gasteiger partial charge in [-0.2, -0.15) is 0 Å². The van der Waals surface area contributed by atoms with Crippen LogP contribution in [0.1, 0.15) is 31.4 Å². The highest BCUT2D eigenvalue weighted by molar-refractivity contribution is 5.23. The van der Waals surface area contributed by atoms with Gasteiger partial charge in [0.15, 0.2) is 0 Å². The molecule has 1 saturated heterocycles. The molecule has 0 aromatic heterocycles. The molecule has 1 unspecified atom stereocenters. The van der Waals surface area contributed by atoms with E-state index < -0.39 is 0 Å².